The maximum absolute atomic E-state index is 11.3. The molecule has 0 spiro atoms. The Bertz CT molecular complexity index is 413. The van der Waals surface area contributed by atoms with Crippen LogP contribution in [0.3, 0.4) is 0 Å². The van der Waals surface area contributed by atoms with Crippen LogP contribution in [0.5, 0.6) is 0 Å². The van der Waals surface area contributed by atoms with Crippen molar-refractivity contribution in [2.75, 3.05) is 14.2 Å². The number of benzene rings is 1. The minimum atomic E-state index is -0.993. The molecule has 0 bridgehead atoms. The highest BCUT2D eigenvalue weighted by atomic mass is 16.5. The summed E-state index contributed by atoms with van der Waals surface area (Å²) in [6.07, 6.45) is -1.15. The molecule has 0 fully saturated rings. The first-order valence-corrected chi connectivity index (χ1v) is 5.01. The van der Waals surface area contributed by atoms with Crippen molar-refractivity contribution < 1.29 is 24.2 Å². The Morgan fingerprint density at radius 2 is 2.00 bits per heavy atom. The molecular weight excluding hydrogens is 224 g/mol. The van der Waals surface area contributed by atoms with Crippen LogP contribution in [-0.2, 0) is 14.3 Å². The third kappa shape index (κ3) is 3.57. The SMILES string of the molecule is COC(=O)C[C@H](O)c1cccc(C(=O)OC)c1. The average Bonchev–Trinajstić information content (AvgIpc) is 2.37. The van der Waals surface area contributed by atoms with Gasteiger partial charge in [-0.3, -0.25) is 4.79 Å². The number of esters is 2. The summed E-state index contributed by atoms with van der Waals surface area (Å²) < 4.78 is 9.01. The fraction of sp³-hybridized carbons (Fsp3) is 0.333. The van der Waals surface area contributed by atoms with E-state index in [1.54, 1.807) is 18.2 Å². The predicted octanol–water partition coefficient (Wildman–Crippen LogP) is 1.07. The van der Waals surface area contributed by atoms with Crippen molar-refractivity contribution in [1.29, 1.82) is 0 Å². The zero-order valence-corrected chi connectivity index (χ0v) is 9.67. The topological polar surface area (TPSA) is 72.8 Å². The van der Waals surface area contributed by atoms with Gasteiger partial charge in [0.05, 0.1) is 32.3 Å². The van der Waals surface area contributed by atoms with Crippen molar-refractivity contribution in [1.82, 2.24) is 0 Å². The number of hydrogen-bond donors (Lipinski definition) is 1. The molecule has 1 aromatic carbocycles. The number of carbonyl (C=O) groups excluding carboxylic acids is 2. The number of ether oxygens (including phenoxy) is 2. The van der Waals surface area contributed by atoms with Crippen molar-refractivity contribution in [3.8, 4) is 0 Å². The van der Waals surface area contributed by atoms with Crippen LogP contribution in [0.2, 0.25) is 0 Å². The van der Waals surface area contributed by atoms with Gasteiger partial charge in [0.2, 0.25) is 0 Å². The van der Waals surface area contributed by atoms with Gasteiger partial charge in [0, 0.05) is 0 Å². The van der Waals surface area contributed by atoms with Gasteiger partial charge in [-0.2, -0.15) is 0 Å². The summed E-state index contributed by atoms with van der Waals surface area (Å²) in [4.78, 5) is 22.3. The first-order chi connectivity index (χ1) is 8.08. The lowest BCUT2D eigenvalue weighted by Crippen LogP contribution is -2.09. The predicted molar refractivity (Wildman–Crippen MR) is 59.4 cm³/mol. The van der Waals surface area contributed by atoms with E-state index in [0.29, 0.717) is 11.1 Å². The number of rotatable bonds is 4. The Morgan fingerprint density at radius 3 is 2.59 bits per heavy atom. The van der Waals surface area contributed by atoms with E-state index in [9.17, 15) is 14.7 Å². The van der Waals surface area contributed by atoms with Gasteiger partial charge in [0.25, 0.3) is 0 Å². The van der Waals surface area contributed by atoms with E-state index in [0.717, 1.165) is 0 Å². The molecule has 0 aliphatic heterocycles. The normalized spacial score (nSPS) is 11.7. The Morgan fingerprint density at radius 1 is 1.29 bits per heavy atom. The van der Waals surface area contributed by atoms with E-state index in [-0.39, 0.29) is 6.42 Å². The molecule has 1 atom stereocenters. The molecule has 0 aliphatic rings. The first kappa shape index (κ1) is 13.2. The van der Waals surface area contributed by atoms with Gasteiger partial charge in [0.15, 0.2) is 0 Å². The maximum atomic E-state index is 11.3. The quantitative estimate of drug-likeness (QED) is 0.794. The molecule has 0 amide bonds. The van der Waals surface area contributed by atoms with Crippen LogP contribution in [0.4, 0.5) is 0 Å². The van der Waals surface area contributed by atoms with Gasteiger partial charge < -0.3 is 14.6 Å². The first-order valence-electron chi connectivity index (χ1n) is 5.01. The summed E-state index contributed by atoms with van der Waals surface area (Å²) in [7, 11) is 2.53. The molecule has 17 heavy (non-hydrogen) atoms. The fourth-order valence-corrected chi connectivity index (χ4v) is 1.35. The fourth-order valence-electron chi connectivity index (χ4n) is 1.35. The number of aliphatic hydroxyl groups is 1. The summed E-state index contributed by atoms with van der Waals surface area (Å²) in [5, 5.41) is 9.75. The van der Waals surface area contributed by atoms with Crippen LogP contribution in [0, 0.1) is 0 Å². The molecule has 92 valence electrons. The summed E-state index contributed by atoms with van der Waals surface area (Å²) in [5.41, 5.74) is 0.798. The van der Waals surface area contributed by atoms with Crippen LogP contribution in [0.25, 0.3) is 0 Å². The van der Waals surface area contributed by atoms with Gasteiger partial charge in [-0.05, 0) is 17.7 Å². The van der Waals surface area contributed by atoms with Crippen molar-refractivity contribution in [2.24, 2.45) is 0 Å². The average molecular weight is 238 g/mol. The lowest BCUT2D eigenvalue weighted by molar-refractivity contribution is -0.142. The summed E-state index contributed by atoms with van der Waals surface area (Å²) in [5.74, 6) is -1.00. The van der Waals surface area contributed by atoms with E-state index in [4.69, 9.17) is 0 Å². The maximum Gasteiger partial charge on any atom is 0.337 e. The molecule has 1 N–H and O–H groups in total. The minimum absolute atomic E-state index is 0.152. The van der Waals surface area contributed by atoms with Crippen LogP contribution in [-0.4, -0.2) is 31.3 Å². The number of carbonyl (C=O) groups is 2. The summed E-state index contributed by atoms with van der Waals surface area (Å²) >= 11 is 0. The van der Waals surface area contributed by atoms with Gasteiger partial charge in [-0.15, -0.1) is 0 Å². The monoisotopic (exact) mass is 238 g/mol. The van der Waals surface area contributed by atoms with E-state index in [2.05, 4.69) is 9.47 Å². The highest BCUT2D eigenvalue weighted by molar-refractivity contribution is 5.89. The summed E-state index contributed by atoms with van der Waals surface area (Å²) in [6.45, 7) is 0. The van der Waals surface area contributed by atoms with Crippen molar-refractivity contribution in [2.45, 2.75) is 12.5 Å². The highest BCUT2D eigenvalue weighted by Crippen LogP contribution is 2.18. The lowest BCUT2D eigenvalue weighted by Gasteiger charge is -2.10. The van der Waals surface area contributed by atoms with Crippen LogP contribution < -0.4 is 0 Å². The molecule has 0 aliphatic carbocycles. The molecule has 0 heterocycles. The lowest BCUT2D eigenvalue weighted by atomic mass is 10.0. The van der Waals surface area contributed by atoms with Gasteiger partial charge >= 0.3 is 11.9 Å². The Hall–Kier alpha value is -1.88. The Kier molecular flexibility index (Phi) is 4.66. The van der Waals surface area contributed by atoms with Crippen LogP contribution in [0.1, 0.15) is 28.4 Å². The number of methoxy groups -OCH3 is 2. The van der Waals surface area contributed by atoms with Gasteiger partial charge in [0.1, 0.15) is 0 Å². The number of hydrogen-bond acceptors (Lipinski definition) is 5. The van der Waals surface area contributed by atoms with Gasteiger partial charge in [-0.25, -0.2) is 4.79 Å². The molecule has 0 radical (unpaired) electrons. The largest absolute Gasteiger partial charge is 0.469 e. The standard InChI is InChI=1S/C12H14O5/c1-16-11(14)7-10(13)8-4-3-5-9(6-8)12(15)17-2/h3-6,10,13H,7H2,1-2H3/t10-/m0/s1. The molecule has 0 saturated heterocycles. The highest BCUT2D eigenvalue weighted by Gasteiger charge is 2.15. The van der Waals surface area contributed by atoms with Crippen molar-refractivity contribution >= 4 is 11.9 Å². The Balaban J connectivity index is 2.84. The molecular formula is C12H14O5. The summed E-state index contributed by atoms with van der Waals surface area (Å²) in [6, 6.07) is 6.29. The van der Waals surface area contributed by atoms with Crippen molar-refractivity contribution in [3.63, 3.8) is 0 Å². The molecule has 0 saturated carbocycles. The third-order valence-corrected chi connectivity index (χ3v) is 2.28. The smallest absolute Gasteiger partial charge is 0.337 e. The third-order valence-electron chi connectivity index (χ3n) is 2.28. The molecule has 1 rings (SSSR count). The number of aliphatic hydroxyl groups excluding tert-OH is 1. The van der Waals surface area contributed by atoms with E-state index in [1.165, 1.54) is 20.3 Å². The van der Waals surface area contributed by atoms with Crippen molar-refractivity contribution in [3.05, 3.63) is 35.4 Å². The van der Waals surface area contributed by atoms with Crippen LogP contribution >= 0.6 is 0 Å². The minimum Gasteiger partial charge on any atom is -0.469 e. The molecule has 5 heteroatoms. The second-order valence-electron chi connectivity index (χ2n) is 3.41. The molecule has 5 nitrogen and oxygen atoms in total. The van der Waals surface area contributed by atoms with Crippen LogP contribution in [0.15, 0.2) is 24.3 Å². The zero-order chi connectivity index (χ0) is 12.8. The van der Waals surface area contributed by atoms with E-state index in [1.807, 2.05) is 0 Å². The molecule has 0 aromatic heterocycles. The zero-order valence-electron chi connectivity index (χ0n) is 9.67. The second kappa shape index (κ2) is 6.00. The second-order valence-corrected chi connectivity index (χ2v) is 3.41. The van der Waals surface area contributed by atoms with E-state index < -0.39 is 18.0 Å². The van der Waals surface area contributed by atoms with E-state index >= 15 is 0 Å². The van der Waals surface area contributed by atoms with Gasteiger partial charge in [-0.1, -0.05) is 12.1 Å². The Labute approximate surface area is 99.0 Å². The molecule has 0 unspecified atom stereocenters. The molecule has 1 aromatic rings.